The fourth-order valence-corrected chi connectivity index (χ4v) is 5.15. The molecule has 2 heterocycles. The number of benzene rings is 3. The molecule has 0 aliphatic heterocycles. The summed E-state index contributed by atoms with van der Waals surface area (Å²) in [7, 11) is 0. The van der Waals surface area contributed by atoms with E-state index in [-0.39, 0.29) is 0 Å². The molecule has 0 fully saturated rings. The van der Waals surface area contributed by atoms with Crippen LogP contribution in [0.5, 0.6) is 0 Å². The topological polar surface area (TPSA) is 21.7 Å². The maximum absolute atomic E-state index is 5.14. The van der Waals surface area contributed by atoms with Crippen LogP contribution in [0.1, 0.15) is 42.3 Å². The third kappa shape index (κ3) is 3.03. The molecule has 2 aromatic heterocycles. The summed E-state index contributed by atoms with van der Waals surface area (Å²) in [6, 6.07) is 24.2. The zero-order valence-corrected chi connectivity index (χ0v) is 19.8. The minimum absolute atomic E-state index is 0.300. The summed E-state index contributed by atoms with van der Waals surface area (Å²) in [4.78, 5) is 0. The van der Waals surface area contributed by atoms with Gasteiger partial charge >= 0.3 is 0 Å². The molecule has 0 spiro atoms. The van der Waals surface area contributed by atoms with Crippen LogP contribution in [0.2, 0.25) is 0 Å². The summed E-state index contributed by atoms with van der Waals surface area (Å²) in [6.07, 6.45) is 0. The summed E-state index contributed by atoms with van der Waals surface area (Å²) in [5.74, 6) is 0. The number of aromatic nitrogens is 3. The number of hydrogen-bond donors (Lipinski definition) is 0. The lowest BCUT2D eigenvalue weighted by molar-refractivity contribution is -0.575. The van der Waals surface area contributed by atoms with Gasteiger partial charge in [-0.1, -0.05) is 30.3 Å². The first-order chi connectivity index (χ1) is 15.4. The molecule has 0 radical (unpaired) electrons. The molecule has 0 atom stereocenters. The van der Waals surface area contributed by atoms with Gasteiger partial charge in [-0.15, -0.1) is 0 Å². The molecular formula is C29H30N3+. The second-order valence-electron chi connectivity index (χ2n) is 9.13. The Morgan fingerprint density at radius 2 is 1.53 bits per heavy atom. The van der Waals surface area contributed by atoms with E-state index in [0.717, 1.165) is 5.69 Å². The summed E-state index contributed by atoms with van der Waals surface area (Å²) < 4.78 is 4.56. The number of hydrogen-bond acceptors (Lipinski definition) is 1. The van der Waals surface area contributed by atoms with Gasteiger partial charge in [0, 0.05) is 52.6 Å². The second-order valence-corrected chi connectivity index (χ2v) is 9.13. The lowest BCUT2D eigenvalue weighted by atomic mass is 9.93. The molecule has 3 nitrogen and oxygen atoms in total. The molecule has 0 bridgehead atoms. The van der Waals surface area contributed by atoms with Crippen molar-refractivity contribution in [2.24, 2.45) is 0 Å². The van der Waals surface area contributed by atoms with Crippen LogP contribution in [0.3, 0.4) is 0 Å². The standard InChI is InChI=1S/C29H30N3/c1-18(2)32-26-14-10-8-12-24(26)28(30-32)27-19(3)17-20(4)29(22(27)6)31-21(5)15-16-23-11-7-9-13-25(23)31/h7-18H,1-6H3/q+1. The van der Waals surface area contributed by atoms with Gasteiger partial charge in [0.2, 0.25) is 11.2 Å². The number of fused-ring (bicyclic) bond motifs is 2. The lowest BCUT2D eigenvalue weighted by Gasteiger charge is -2.15. The molecule has 0 saturated heterocycles. The highest BCUT2D eigenvalue weighted by Crippen LogP contribution is 2.36. The molecule has 160 valence electrons. The summed E-state index contributed by atoms with van der Waals surface area (Å²) in [5.41, 5.74) is 11.0. The van der Waals surface area contributed by atoms with Gasteiger partial charge in [-0.2, -0.15) is 9.67 Å². The maximum Gasteiger partial charge on any atom is 0.218 e. The van der Waals surface area contributed by atoms with Gasteiger partial charge in [-0.3, -0.25) is 4.68 Å². The van der Waals surface area contributed by atoms with Crippen LogP contribution < -0.4 is 4.57 Å². The monoisotopic (exact) mass is 420 g/mol. The highest BCUT2D eigenvalue weighted by Gasteiger charge is 2.26. The van der Waals surface area contributed by atoms with Gasteiger partial charge in [0.05, 0.1) is 5.52 Å². The summed E-state index contributed by atoms with van der Waals surface area (Å²) in [6.45, 7) is 13.3. The van der Waals surface area contributed by atoms with E-state index in [4.69, 9.17) is 5.10 Å². The first-order valence-corrected chi connectivity index (χ1v) is 11.4. The van der Waals surface area contributed by atoms with Crippen LogP contribution in [0, 0.1) is 27.7 Å². The third-order valence-electron chi connectivity index (χ3n) is 6.53. The van der Waals surface area contributed by atoms with Crippen LogP contribution >= 0.6 is 0 Å². The van der Waals surface area contributed by atoms with E-state index >= 15 is 0 Å². The Kier molecular flexibility index (Phi) is 4.85. The largest absolute Gasteiger partial charge is 0.262 e. The molecule has 32 heavy (non-hydrogen) atoms. The quantitative estimate of drug-likeness (QED) is 0.290. The summed E-state index contributed by atoms with van der Waals surface area (Å²) >= 11 is 0. The number of aryl methyl sites for hydroxylation is 3. The lowest BCUT2D eigenvalue weighted by Crippen LogP contribution is -2.37. The van der Waals surface area contributed by atoms with Crippen LogP contribution in [-0.2, 0) is 0 Å². The van der Waals surface area contributed by atoms with Crippen molar-refractivity contribution in [3.8, 4) is 16.9 Å². The van der Waals surface area contributed by atoms with Gasteiger partial charge in [-0.25, -0.2) is 0 Å². The average molecular weight is 421 g/mol. The zero-order valence-electron chi connectivity index (χ0n) is 19.8. The average Bonchev–Trinajstić information content (AvgIpc) is 3.15. The molecule has 0 unspecified atom stereocenters. The van der Waals surface area contributed by atoms with Crippen LogP contribution in [0.4, 0.5) is 0 Å². The second kappa shape index (κ2) is 7.59. The molecule has 5 rings (SSSR count). The van der Waals surface area contributed by atoms with Gasteiger partial charge in [0.15, 0.2) is 5.69 Å². The number of rotatable bonds is 3. The Bertz CT molecular complexity index is 1490. The normalized spacial score (nSPS) is 11.7. The van der Waals surface area contributed by atoms with Crippen molar-refractivity contribution in [3.63, 3.8) is 0 Å². The van der Waals surface area contributed by atoms with E-state index in [1.54, 1.807) is 0 Å². The minimum Gasteiger partial charge on any atom is -0.262 e. The van der Waals surface area contributed by atoms with Gasteiger partial charge in [-0.05, 0) is 64.4 Å². The first-order valence-electron chi connectivity index (χ1n) is 11.4. The van der Waals surface area contributed by atoms with Crippen LogP contribution in [0.25, 0.3) is 38.8 Å². The Morgan fingerprint density at radius 1 is 0.812 bits per heavy atom. The van der Waals surface area contributed by atoms with Crippen molar-refractivity contribution in [2.75, 3.05) is 0 Å². The number of pyridine rings is 1. The van der Waals surface area contributed by atoms with Crippen LogP contribution in [0.15, 0.2) is 66.7 Å². The minimum atomic E-state index is 0.300. The molecule has 0 aliphatic carbocycles. The predicted molar refractivity (Wildman–Crippen MR) is 134 cm³/mol. The van der Waals surface area contributed by atoms with E-state index in [2.05, 4.69) is 118 Å². The molecule has 3 aromatic carbocycles. The van der Waals surface area contributed by atoms with E-state index < -0.39 is 0 Å². The van der Waals surface area contributed by atoms with Gasteiger partial charge in [0.25, 0.3) is 0 Å². The number of para-hydroxylation sites is 2. The molecule has 5 aromatic rings. The molecule has 0 aliphatic rings. The third-order valence-corrected chi connectivity index (χ3v) is 6.53. The highest BCUT2D eigenvalue weighted by atomic mass is 15.3. The van der Waals surface area contributed by atoms with E-state index in [1.807, 2.05) is 0 Å². The van der Waals surface area contributed by atoms with Crippen molar-refractivity contribution < 1.29 is 4.57 Å². The van der Waals surface area contributed by atoms with E-state index in [0.29, 0.717) is 6.04 Å². The maximum atomic E-state index is 5.14. The van der Waals surface area contributed by atoms with Gasteiger partial charge < -0.3 is 0 Å². The zero-order chi connectivity index (χ0) is 22.6. The van der Waals surface area contributed by atoms with Crippen molar-refractivity contribution in [3.05, 3.63) is 89.1 Å². The van der Waals surface area contributed by atoms with E-state index in [1.165, 1.54) is 55.4 Å². The van der Waals surface area contributed by atoms with Crippen molar-refractivity contribution in [1.82, 2.24) is 9.78 Å². The van der Waals surface area contributed by atoms with E-state index in [9.17, 15) is 0 Å². The Labute approximate surface area is 190 Å². The van der Waals surface area contributed by atoms with Gasteiger partial charge in [0.1, 0.15) is 5.69 Å². The Morgan fingerprint density at radius 3 is 2.31 bits per heavy atom. The van der Waals surface area contributed by atoms with Crippen molar-refractivity contribution >= 4 is 21.8 Å². The summed E-state index contributed by atoms with van der Waals surface area (Å²) in [5, 5.41) is 7.59. The Balaban J connectivity index is 1.88. The Hall–Kier alpha value is -3.46. The molecule has 0 N–H and O–H groups in total. The molecule has 0 amide bonds. The predicted octanol–water partition coefficient (Wildman–Crippen LogP) is 6.95. The molecule has 0 saturated carbocycles. The fraction of sp³-hybridized carbons (Fsp3) is 0.241. The SMILES string of the molecule is Cc1cc(C)c(-[n+]2c(C)ccc3ccccc32)c(C)c1-c1nn(C(C)C)c2ccccc12. The number of nitrogens with zero attached hydrogens (tertiary/aromatic N) is 3. The fourth-order valence-electron chi connectivity index (χ4n) is 5.15. The smallest absolute Gasteiger partial charge is 0.218 e. The molecular weight excluding hydrogens is 390 g/mol. The van der Waals surface area contributed by atoms with Crippen LogP contribution in [-0.4, -0.2) is 9.78 Å². The van der Waals surface area contributed by atoms with Crippen molar-refractivity contribution in [1.29, 1.82) is 0 Å². The molecule has 3 heteroatoms. The van der Waals surface area contributed by atoms with Crippen molar-refractivity contribution in [2.45, 2.75) is 47.6 Å². The first kappa shape index (κ1) is 20.4. The highest BCUT2D eigenvalue weighted by molar-refractivity contribution is 5.95.